The molecule has 0 saturated heterocycles. The maximum absolute atomic E-state index is 12.4. The Labute approximate surface area is 153 Å². The van der Waals surface area contributed by atoms with Crippen molar-refractivity contribution in [2.75, 3.05) is 20.8 Å². The molecule has 0 aromatic heterocycles. The molecule has 0 radical (unpaired) electrons. The molecule has 0 aliphatic carbocycles. The first kappa shape index (κ1) is 19.3. The van der Waals surface area contributed by atoms with Gasteiger partial charge in [-0.05, 0) is 36.2 Å². The molecule has 0 fully saturated rings. The number of carbonyl (C=O) groups is 2. The van der Waals surface area contributed by atoms with Crippen LogP contribution in [0.3, 0.4) is 0 Å². The van der Waals surface area contributed by atoms with Gasteiger partial charge in [-0.15, -0.1) is 0 Å². The molecule has 26 heavy (non-hydrogen) atoms. The number of likely N-dealkylation sites (N-methyl/N-ethyl adjacent to an activating group) is 1. The van der Waals surface area contributed by atoms with Crippen molar-refractivity contribution < 1.29 is 24.2 Å². The highest BCUT2D eigenvalue weighted by Gasteiger charge is 2.27. The smallest absolute Gasteiger partial charge is 0.326 e. The number of rotatable bonds is 8. The monoisotopic (exact) mass is 357 g/mol. The van der Waals surface area contributed by atoms with E-state index in [0.717, 1.165) is 16.9 Å². The van der Waals surface area contributed by atoms with E-state index in [1.807, 2.05) is 37.3 Å². The van der Waals surface area contributed by atoms with Crippen LogP contribution in [0.25, 0.3) is 0 Å². The highest BCUT2D eigenvalue weighted by molar-refractivity contribution is 5.84. The lowest BCUT2D eigenvalue weighted by Gasteiger charge is -2.25. The average Bonchev–Trinajstić information content (AvgIpc) is 2.64. The van der Waals surface area contributed by atoms with Crippen molar-refractivity contribution >= 4 is 11.9 Å². The van der Waals surface area contributed by atoms with Crippen LogP contribution < -0.4 is 9.47 Å². The van der Waals surface area contributed by atoms with Gasteiger partial charge < -0.3 is 19.5 Å². The minimum atomic E-state index is -1.05. The number of nitrogens with zero attached hydrogens (tertiary/aromatic N) is 1. The van der Waals surface area contributed by atoms with Gasteiger partial charge in [0.1, 0.15) is 17.5 Å². The van der Waals surface area contributed by atoms with E-state index in [4.69, 9.17) is 9.47 Å². The second-order valence-corrected chi connectivity index (χ2v) is 5.97. The van der Waals surface area contributed by atoms with Gasteiger partial charge in [0.05, 0.1) is 7.11 Å². The Morgan fingerprint density at radius 1 is 1.15 bits per heavy atom. The largest absolute Gasteiger partial charge is 0.496 e. The molecule has 0 heterocycles. The van der Waals surface area contributed by atoms with E-state index < -0.39 is 17.9 Å². The van der Waals surface area contributed by atoms with Gasteiger partial charge >= 0.3 is 5.97 Å². The summed E-state index contributed by atoms with van der Waals surface area (Å²) in [5.74, 6) is -0.193. The summed E-state index contributed by atoms with van der Waals surface area (Å²) >= 11 is 0. The predicted molar refractivity (Wildman–Crippen MR) is 97.6 cm³/mol. The van der Waals surface area contributed by atoms with Gasteiger partial charge in [-0.2, -0.15) is 0 Å². The van der Waals surface area contributed by atoms with E-state index in [-0.39, 0.29) is 13.0 Å². The van der Waals surface area contributed by atoms with Crippen molar-refractivity contribution in [1.82, 2.24) is 4.90 Å². The second kappa shape index (κ2) is 8.89. The minimum Gasteiger partial charge on any atom is -0.496 e. The van der Waals surface area contributed by atoms with Gasteiger partial charge in [-0.25, -0.2) is 4.79 Å². The first-order valence-electron chi connectivity index (χ1n) is 8.22. The quantitative estimate of drug-likeness (QED) is 0.786. The fraction of sp³-hybridized carbons (Fsp3) is 0.300. The summed E-state index contributed by atoms with van der Waals surface area (Å²) in [5, 5.41) is 9.48. The Kier molecular flexibility index (Phi) is 6.60. The summed E-state index contributed by atoms with van der Waals surface area (Å²) in [5.41, 5.74) is 1.74. The Hall–Kier alpha value is -3.02. The Bertz CT molecular complexity index is 760. The van der Waals surface area contributed by atoms with Crippen molar-refractivity contribution in [3.8, 4) is 11.5 Å². The van der Waals surface area contributed by atoms with Crippen molar-refractivity contribution in [2.45, 2.75) is 19.4 Å². The predicted octanol–water partition coefficient (Wildman–Crippen LogP) is 2.54. The van der Waals surface area contributed by atoms with Crippen LogP contribution in [0.1, 0.15) is 11.1 Å². The van der Waals surface area contributed by atoms with Crippen LogP contribution in [0.15, 0.2) is 48.5 Å². The SMILES string of the molecule is COc1ccc(OCC(=O)N(C)C(Cc2ccccc2)C(=O)O)cc1C. The van der Waals surface area contributed by atoms with Crippen LogP contribution in [0.4, 0.5) is 0 Å². The molecule has 2 aromatic carbocycles. The highest BCUT2D eigenvalue weighted by Crippen LogP contribution is 2.23. The maximum Gasteiger partial charge on any atom is 0.326 e. The molecule has 1 unspecified atom stereocenters. The summed E-state index contributed by atoms with van der Waals surface area (Å²) < 4.78 is 10.7. The Balaban J connectivity index is 2.00. The van der Waals surface area contributed by atoms with E-state index in [1.54, 1.807) is 25.3 Å². The molecule has 0 aliphatic heterocycles. The zero-order valence-electron chi connectivity index (χ0n) is 15.1. The fourth-order valence-electron chi connectivity index (χ4n) is 2.59. The number of hydrogen-bond donors (Lipinski definition) is 1. The molecule has 1 atom stereocenters. The Morgan fingerprint density at radius 3 is 2.42 bits per heavy atom. The summed E-state index contributed by atoms with van der Waals surface area (Å²) in [7, 11) is 3.06. The molecule has 6 nitrogen and oxygen atoms in total. The van der Waals surface area contributed by atoms with Crippen molar-refractivity contribution in [3.63, 3.8) is 0 Å². The number of ether oxygens (including phenoxy) is 2. The van der Waals surface area contributed by atoms with Crippen LogP contribution in [0.2, 0.25) is 0 Å². The standard InChI is InChI=1S/C20H23NO5/c1-14-11-16(9-10-18(14)25-3)26-13-19(22)21(2)17(20(23)24)12-15-7-5-4-6-8-15/h4-11,17H,12-13H2,1-3H3,(H,23,24). The van der Waals surface area contributed by atoms with E-state index in [1.165, 1.54) is 11.9 Å². The summed E-state index contributed by atoms with van der Waals surface area (Å²) in [6.07, 6.45) is 0.236. The molecule has 1 N–H and O–H groups in total. The first-order valence-corrected chi connectivity index (χ1v) is 8.22. The van der Waals surface area contributed by atoms with Gasteiger partial charge in [-0.3, -0.25) is 4.79 Å². The third-order valence-corrected chi connectivity index (χ3v) is 4.15. The molecule has 0 bridgehead atoms. The number of benzene rings is 2. The summed E-state index contributed by atoms with van der Waals surface area (Å²) in [6.45, 7) is 1.64. The number of carbonyl (C=O) groups excluding carboxylic acids is 1. The van der Waals surface area contributed by atoms with Gasteiger partial charge in [0.15, 0.2) is 6.61 Å². The zero-order valence-corrected chi connectivity index (χ0v) is 15.1. The van der Waals surface area contributed by atoms with Crippen molar-refractivity contribution in [2.24, 2.45) is 0 Å². The van der Waals surface area contributed by atoms with E-state index in [2.05, 4.69) is 0 Å². The first-order chi connectivity index (χ1) is 12.4. The van der Waals surface area contributed by atoms with E-state index in [0.29, 0.717) is 5.75 Å². The number of methoxy groups -OCH3 is 1. The Morgan fingerprint density at radius 2 is 1.85 bits per heavy atom. The van der Waals surface area contributed by atoms with Crippen LogP contribution >= 0.6 is 0 Å². The van der Waals surface area contributed by atoms with Crippen LogP contribution in [0, 0.1) is 6.92 Å². The lowest BCUT2D eigenvalue weighted by molar-refractivity contribution is -0.149. The summed E-state index contributed by atoms with van der Waals surface area (Å²) in [6, 6.07) is 13.5. The molecule has 6 heteroatoms. The van der Waals surface area contributed by atoms with Crippen LogP contribution in [0.5, 0.6) is 11.5 Å². The summed E-state index contributed by atoms with van der Waals surface area (Å²) in [4.78, 5) is 25.2. The van der Waals surface area contributed by atoms with Gasteiger partial charge in [0.25, 0.3) is 5.91 Å². The van der Waals surface area contributed by atoms with Crippen molar-refractivity contribution in [3.05, 3.63) is 59.7 Å². The number of aryl methyl sites for hydroxylation is 1. The lowest BCUT2D eigenvalue weighted by Crippen LogP contribution is -2.45. The zero-order chi connectivity index (χ0) is 19.1. The lowest BCUT2D eigenvalue weighted by atomic mass is 10.1. The number of aliphatic carboxylic acids is 1. The van der Waals surface area contributed by atoms with Gasteiger partial charge in [-0.1, -0.05) is 30.3 Å². The number of hydrogen-bond acceptors (Lipinski definition) is 4. The topological polar surface area (TPSA) is 76.1 Å². The molecule has 138 valence electrons. The minimum absolute atomic E-state index is 0.235. The molecule has 2 aromatic rings. The highest BCUT2D eigenvalue weighted by atomic mass is 16.5. The van der Waals surface area contributed by atoms with E-state index >= 15 is 0 Å². The average molecular weight is 357 g/mol. The van der Waals surface area contributed by atoms with Crippen LogP contribution in [-0.4, -0.2) is 48.7 Å². The fourth-order valence-corrected chi connectivity index (χ4v) is 2.59. The maximum atomic E-state index is 12.4. The molecule has 1 amide bonds. The number of carboxylic acids is 1. The van der Waals surface area contributed by atoms with Crippen molar-refractivity contribution in [1.29, 1.82) is 0 Å². The normalized spacial score (nSPS) is 11.5. The molecule has 0 saturated carbocycles. The number of amides is 1. The molecule has 0 spiro atoms. The van der Waals surface area contributed by atoms with Gasteiger partial charge in [0, 0.05) is 13.5 Å². The van der Waals surface area contributed by atoms with Crippen LogP contribution in [-0.2, 0) is 16.0 Å². The van der Waals surface area contributed by atoms with E-state index in [9.17, 15) is 14.7 Å². The van der Waals surface area contributed by atoms with Gasteiger partial charge in [0.2, 0.25) is 0 Å². The molecular formula is C20H23NO5. The number of carboxylic acid groups (broad SMARTS) is 1. The third kappa shape index (κ3) is 4.99. The molecule has 2 rings (SSSR count). The second-order valence-electron chi connectivity index (χ2n) is 5.97. The molecule has 0 aliphatic rings. The molecular weight excluding hydrogens is 334 g/mol. The third-order valence-electron chi connectivity index (χ3n) is 4.15.